The maximum Gasteiger partial charge on any atom is 0.223 e. The van der Waals surface area contributed by atoms with Gasteiger partial charge in [-0.25, -0.2) is 0 Å². The number of hydrogen-bond donors (Lipinski definition) is 2. The maximum absolute atomic E-state index is 12.2. The summed E-state index contributed by atoms with van der Waals surface area (Å²) >= 11 is 0. The van der Waals surface area contributed by atoms with Crippen LogP contribution in [0.25, 0.3) is 0 Å². The Labute approximate surface area is 131 Å². The number of nitrogens with one attached hydrogen (secondary N) is 2. The van der Waals surface area contributed by atoms with E-state index in [9.17, 15) is 4.79 Å². The van der Waals surface area contributed by atoms with Crippen molar-refractivity contribution in [2.45, 2.75) is 57.6 Å². The predicted molar refractivity (Wildman–Crippen MR) is 84.8 cm³/mol. The van der Waals surface area contributed by atoms with Crippen molar-refractivity contribution in [3.05, 3.63) is 35.9 Å². The Morgan fingerprint density at radius 2 is 2.09 bits per heavy atom. The normalized spacial score (nSPS) is 25.2. The summed E-state index contributed by atoms with van der Waals surface area (Å²) in [5, 5.41) is 10.4. The smallest absolute Gasteiger partial charge is 0.223 e. The molecule has 120 valence electrons. The lowest BCUT2D eigenvalue weighted by Crippen LogP contribution is -2.46. The highest BCUT2D eigenvalue weighted by molar-refractivity contribution is 5.77. The van der Waals surface area contributed by atoms with E-state index in [4.69, 9.17) is 14.9 Å². The highest BCUT2D eigenvalue weighted by atomic mass is 16.7. The van der Waals surface area contributed by atoms with Gasteiger partial charge in [0.15, 0.2) is 5.79 Å². The van der Waals surface area contributed by atoms with E-state index in [-0.39, 0.29) is 30.6 Å². The van der Waals surface area contributed by atoms with E-state index in [1.807, 2.05) is 37.3 Å². The Bertz CT molecular complexity index is 516. The van der Waals surface area contributed by atoms with Gasteiger partial charge in [-0.05, 0) is 26.3 Å². The zero-order valence-corrected chi connectivity index (χ0v) is 13.3. The van der Waals surface area contributed by atoms with Crippen LogP contribution in [0.15, 0.2) is 30.3 Å². The van der Waals surface area contributed by atoms with Crippen LogP contribution in [0.3, 0.4) is 0 Å². The molecule has 0 radical (unpaired) electrons. The van der Waals surface area contributed by atoms with E-state index in [2.05, 4.69) is 5.32 Å². The van der Waals surface area contributed by atoms with Gasteiger partial charge in [0.2, 0.25) is 5.91 Å². The Morgan fingerprint density at radius 3 is 2.73 bits per heavy atom. The minimum atomic E-state index is -0.767. The first-order valence-electron chi connectivity index (χ1n) is 7.60. The van der Waals surface area contributed by atoms with E-state index >= 15 is 0 Å². The van der Waals surface area contributed by atoms with Crippen molar-refractivity contribution in [2.24, 2.45) is 0 Å². The van der Waals surface area contributed by atoms with Gasteiger partial charge in [-0.3, -0.25) is 4.79 Å². The van der Waals surface area contributed by atoms with Gasteiger partial charge >= 0.3 is 0 Å². The molecular weight excluding hydrogens is 280 g/mol. The summed E-state index contributed by atoms with van der Waals surface area (Å²) in [6.07, 6.45) is 1.53. The molecule has 3 atom stereocenters. The first kappa shape index (κ1) is 16.6. The molecule has 22 heavy (non-hydrogen) atoms. The molecule has 1 heterocycles. The number of carbonyl (C=O) groups is 1. The molecule has 1 saturated heterocycles. The fourth-order valence-corrected chi connectivity index (χ4v) is 2.71. The van der Waals surface area contributed by atoms with E-state index in [1.165, 1.54) is 6.21 Å². The molecule has 5 heteroatoms. The summed E-state index contributed by atoms with van der Waals surface area (Å²) in [5.74, 6) is -0.820. The van der Waals surface area contributed by atoms with Gasteiger partial charge in [0.1, 0.15) is 0 Å². The highest BCUT2D eigenvalue weighted by Gasteiger charge is 2.35. The molecule has 1 amide bonds. The number of amides is 1. The fourth-order valence-electron chi connectivity index (χ4n) is 2.71. The summed E-state index contributed by atoms with van der Waals surface area (Å²) in [4.78, 5) is 12.2. The predicted octanol–water partition coefficient (Wildman–Crippen LogP) is 2.81. The lowest BCUT2D eigenvalue weighted by Gasteiger charge is -2.39. The average Bonchev–Trinajstić information content (AvgIpc) is 2.46. The van der Waals surface area contributed by atoms with Crippen LogP contribution in [0.5, 0.6) is 0 Å². The molecule has 1 aliphatic heterocycles. The fraction of sp³-hybridized carbons (Fsp3) is 0.529. The van der Waals surface area contributed by atoms with Gasteiger partial charge in [-0.1, -0.05) is 30.3 Å². The summed E-state index contributed by atoms with van der Waals surface area (Å²) in [6.45, 7) is 5.57. The molecule has 2 N–H and O–H groups in total. The molecule has 1 aromatic carbocycles. The molecule has 1 aromatic rings. The lowest BCUT2D eigenvalue weighted by atomic mass is 10.0. The van der Waals surface area contributed by atoms with Crippen LogP contribution in [0.1, 0.15) is 45.2 Å². The van der Waals surface area contributed by atoms with Gasteiger partial charge in [0.25, 0.3) is 0 Å². The van der Waals surface area contributed by atoms with Crippen LogP contribution in [-0.4, -0.2) is 30.1 Å². The standard InChI is InChI=1S/C17H24N2O3/c1-12(13-7-5-4-6-8-13)19-16(20)10-14-9-15(11-18)22-17(2,3)21-14/h4-8,11-12,14-15,18H,9-10H2,1-3H3,(H,19,20)/t12?,14-,15?/m1/s1. The first-order valence-corrected chi connectivity index (χ1v) is 7.60. The lowest BCUT2D eigenvalue weighted by molar-refractivity contribution is -0.285. The molecule has 2 unspecified atom stereocenters. The van der Waals surface area contributed by atoms with Gasteiger partial charge in [-0.15, -0.1) is 0 Å². The van der Waals surface area contributed by atoms with Crippen molar-refractivity contribution in [3.8, 4) is 0 Å². The average molecular weight is 304 g/mol. The Morgan fingerprint density at radius 1 is 1.41 bits per heavy atom. The molecule has 0 aromatic heterocycles. The minimum absolute atomic E-state index is 0.0416. The Balaban J connectivity index is 1.90. The van der Waals surface area contributed by atoms with Crippen molar-refractivity contribution in [1.82, 2.24) is 5.32 Å². The number of hydrogen-bond acceptors (Lipinski definition) is 4. The molecule has 1 aliphatic rings. The molecule has 5 nitrogen and oxygen atoms in total. The molecule has 0 spiro atoms. The molecule has 0 aliphatic carbocycles. The SMILES string of the molecule is CC(NC(=O)C[C@H]1CC(C=N)OC(C)(C)O1)c1ccccc1. The minimum Gasteiger partial charge on any atom is -0.350 e. The molecule has 0 bridgehead atoms. The third-order valence-corrected chi connectivity index (χ3v) is 3.66. The number of carbonyl (C=O) groups excluding carboxylic acids is 1. The Kier molecular flexibility index (Phi) is 5.32. The third kappa shape index (κ3) is 4.64. The van der Waals surface area contributed by atoms with E-state index in [1.54, 1.807) is 13.8 Å². The largest absolute Gasteiger partial charge is 0.350 e. The molecule has 1 fully saturated rings. The number of benzene rings is 1. The van der Waals surface area contributed by atoms with Gasteiger partial charge in [0.05, 0.1) is 24.7 Å². The van der Waals surface area contributed by atoms with Crippen LogP contribution in [0.4, 0.5) is 0 Å². The second-order valence-corrected chi connectivity index (χ2v) is 6.10. The van der Waals surface area contributed by atoms with Gasteiger partial charge < -0.3 is 20.2 Å². The van der Waals surface area contributed by atoms with E-state index < -0.39 is 5.79 Å². The van der Waals surface area contributed by atoms with Crippen LogP contribution in [0, 0.1) is 5.41 Å². The monoisotopic (exact) mass is 304 g/mol. The van der Waals surface area contributed by atoms with Crippen molar-refractivity contribution in [3.63, 3.8) is 0 Å². The summed E-state index contributed by atoms with van der Waals surface area (Å²) in [7, 11) is 0. The van der Waals surface area contributed by atoms with E-state index in [0.717, 1.165) is 5.56 Å². The summed E-state index contributed by atoms with van der Waals surface area (Å²) in [6, 6.07) is 9.80. The zero-order valence-electron chi connectivity index (χ0n) is 13.3. The third-order valence-electron chi connectivity index (χ3n) is 3.66. The van der Waals surface area contributed by atoms with Crippen molar-refractivity contribution in [1.29, 1.82) is 5.41 Å². The van der Waals surface area contributed by atoms with Gasteiger partial charge in [0, 0.05) is 12.6 Å². The Hall–Kier alpha value is -1.72. The summed E-state index contributed by atoms with van der Waals surface area (Å²) in [5.41, 5.74) is 1.07. The first-order chi connectivity index (χ1) is 10.4. The van der Waals surface area contributed by atoms with Crippen molar-refractivity contribution < 1.29 is 14.3 Å². The molecule has 0 saturated carbocycles. The van der Waals surface area contributed by atoms with Crippen LogP contribution in [-0.2, 0) is 14.3 Å². The highest BCUT2D eigenvalue weighted by Crippen LogP contribution is 2.27. The maximum atomic E-state index is 12.2. The van der Waals surface area contributed by atoms with Gasteiger partial charge in [-0.2, -0.15) is 0 Å². The second-order valence-electron chi connectivity index (χ2n) is 6.10. The quantitative estimate of drug-likeness (QED) is 0.822. The number of ether oxygens (including phenoxy) is 2. The van der Waals surface area contributed by atoms with E-state index in [0.29, 0.717) is 6.42 Å². The van der Waals surface area contributed by atoms with Crippen LogP contribution >= 0.6 is 0 Å². The van der Waals surface area contributed by atoms with Crippen molar-refractivity contribution in [2.75, 3.05) is 0 Å². The summed E-state index contributed by atoms with van der Waals surface area (Å²) < 4.78 is 11.4. The second kappa shape index (κ2) is 7.03. The molecular formula is C17H24N2O3. The topological polar surface area (TPSA) is 71.4 Å². The van der Waals surface area contributed by atoms with Crippen LogP contribution in [0.2, 0.25) is 0 Å². The number of rotatable bonds is 5. The van der Waals surface area contributed by atoms with Crippen LogP contribution < -0.4 is 5.32 Å². The molecule has 2 rings (SSSR count). The zero-order chi connectivity index (χ0) is 16.2. The van der Waals surface area contributed by atoms with Crippen molar-refractivity contribution >= 4 is 12.1 Å².